The number of carboxylic acid groups (broad SMARTS) is 1. The van der Waals surface area contributed by atoms with Crippen molar-refractivity contribution in [2.75, 3.05) is 24.6 Å². The summed E-state index contributed by atoms with van der Waals surface area (Å²) in [5, 5.41) is 9.04. The molecule has 0 radical (unpaired) electrons. The molecule has 3 atom stereocenters. The summed E-state index contributed by atoms with van der Waals surface area (Å²) in [5.41, 5.74) is 6.79. The van der Waals surface area contributed by atoms with Crippen LogP contribution < -0.4 is 25.5 Å². The van der Waals surface area contributed by atoms with Gasteiger partial charge >= 0.3 is 6.16 Å². The van der Waals surface area contributed by atoms with E-state index >= 15 is 4.39 Å². The topological polar surface area (TPSA) is 107 Å². The number of rotatable bonds is 2. The molecule has 8 nitrogen and oxygen atoms in total. The third-order valence-electron chi connectivity index (χ3n) is 8.29. The Morgan fingerprint density at radius 3 is 2.78 bits per heavy atom. The second-order valence-electron chi connectivity index (χ2n) is 9.94. The number of nitrogens with zero attached hydrogens (tertiary/aromatic N) is 2. The van der Waals surface area contributed by atoms with Crippen molar-refractivity contribution in [2.45, 2.75) is 44.2 Å². The first kappa shape index (κ1) is 19.8. The van der Waals surface area contributed by atoms with Gasteiger partial charge in [0.25, 0.3) is 0 Å². The van der Waals surface area contributed by atoms with Crippen LogP contribution in [0.4, 0.5) is 14.9 Å². The van der Waals surface area contributed by atoms with Crippen LogP contribution in [0.15, 0.2) is 17.1 Å². The average molecular weight is 443 g/mol. The minimum Gasteiger partial charge on any atom is -0.487 e. The molecule has 4 fully saturated rings. The van der Waals surface area contributed by atoms with Crippen molar-refractivity contribution in [3.63, 3.8) is 0 Å². The zero-order chi connectivity index (χ0) is 22.4. The lowest BCUT2D eigenvalue weighted by Crippen LogP contribution is -2.58. The van der Waals surface area contributed by atoms with Gasteiger partial charge in [-0.15, -0.1) is 0 Å². The Balaban J connectivity index is 1.51. The van der Waals surface area contributed by atoms with Gasteiger partial charge in [0.1, 0.15) is 12.3 Å². The van der Waals surface area contributed by atoms with Gasteiger partial charge in [0.15, 0.2) is 17.3 Å². The number of pyridine rings is 1. The quantitative estimate of drug-likeness (QED) is 0.687. The number of carbonyl (C=O) groups is 1. The first-order valence-corrected chi connectivity index (χ1v) is 11.3. The number of halogens is 1. The molecule has 32 heavy (non-hydrogen) atoms. The van der Waals surface area contributed by atoms with Crippen molar-refractivity contribution in [2.24, 2.45) is 23.5 Å². The third kappa shape index (κ3) is 2.63. The Labute approximate surface area is 183 Å². The molecule has 0 spiro atoms. The van der Waals surface area contributed by atoms with Crippen molar-refractivity contribution in [1.82, 2.24) is 4.57 Å². The van der Waals surface area contributed by atoms with Crippen LogP contribution in [0.5, 0.6) is 11.5 Å². The van der Waals surface area contributed by atoms with Gasteiger partial charge in [-0.25, -0.2) is 9.18 Å². The van der Waals surface area contributed by atoms with Gasteiger partial charge in [0.2, 0.25) is 5.43 Å². The Morgan fingerprint density at radius 2 is 2.09 bits per heavy atom. The van der Waals surface area contributed by atoms with E-state index in [0.717, 1.165) is 32.2 Å². The Hall–Kier alpha value is -2.81. The molecular weight excluding hydrogens is 417 g/mol. The smallest absolute Gasteiger partial charge is 0.487 e. The first-order valence-electron chi connectivity index (χ1n) is 11.3. The summed E-state index contributed by atoms with van der Waals surface area (Å²) >= 11 is 0. The van der Waals surface area contributed by atoms with Crippen molar-refractivity contribution in [3.8, 4) is 11.5 Å². The molecule has 5 aliphatic rings. The summed E-state index contributed by atoms with van der Waals surface area (Å²) in [6.07, 6.45) is 4.13. The van der Waals surface area contributed by atoms with Gasteiger partial charge in [-0.3, -0.25) is 4.79 Å². The van der Waals surface area contributed by atoms with Crippen molar-refractivity contribution in [1.29, 1.82) is 0 Å². The SMILES string of the molecule is CC1COc2c(N3CC4C5CCC(N)(CC5)C4C3)c(F)cc3c(=O)c(OC(=O)O)cn1c23. The molecule has 3 heterocycles. The lowest BCUT2D eigenvalue weighted by molar-refractivity contribution is 0.0318. The molecule has 2 aromatic rings. The second-order valence-corrected chi connectivity index (χ2v) is 9.94. The Morgan fingerprint density at radius 1 is 1.34 bits per heavy atom. The van der Waals surface area contributed by atoms with Gasteiger partial charge in [-0.2, -0.15) is 0 Å². The number of nitrogens with two attached hydrogens (primary N) is 1. The van der Waals surface area contributed by atoms with E-state index in [-0.39, 0.29) is 29.3 Å². The highest BCUT2D eigenvalue weighted by Gasteiger charge is 2.55. The molecule has 1 saturated heterocycles. The van der Waals surface area contributed by atoms with Crippen LogP contribution in [-0.2, 0) is 0 Å². The molecule has 2 bridgehead atoms. The summed E-state index contributed by atoms with van der Waals surface area (Å²) in [6.45, 7) is 3.57. The van der Waals surface area contributed by atoms with E-state index in [1.165, 1.54) is 12.3 Å². The summed E-state index contributed by atoms with van der Waals surface area (Å²) in [7, 11) is 0. The summed E-state index contributed by atoms with van der Waals surface area (Å²) in [4.78, 5) is 26.0. The maximum atomic E-state index is 15.6. The largest absolute Gasteiger partial charge is 0.511 e. The van der Waals surface area contributed by atoms with Gasteiger partial charge in [0, 0.05) is 18.6 Å². The first-order chi connectivity index (χ1) is 15.3. The lowest BCUT2D eigenvalue weighted by Gasteiger charge is -2.52. The highest BCUT2D eigenvalue weighted by atomic mass is 19.1. The molecule has 170 valence electrons. The number of ether oxygens (including phenoxy) is 2. The number of hydrogen-bond donors (Lipinski definition) is 2. The van der Waals surface area contributed by atoms with E-state index in [1.807, 2.05) is 6.92 Å². The molecule has 3 N–H and O–H groups in total. The standard InChI is InChI=1S/C23H26FN3O5/c1-11-10-31-21-18-13(20(28)17(9-27(11)18)32-22(29)30)6-16(24)19(21)26-7-14-12-2-4-23(25,5-3-12)15(14)8-26/h6,9,11-12,14-15H,2-5,7-8,10,25H2,1H3,(H,29,30). The molecule has 3 aliphatic carbocycles. The fraction of sp³-hybridized carbons (Fsp3) is 0.565. The molecule has 2 aliphatic heterocycles. The lowest BCUT2D eigenvalue weighted by atomic mass is 9.56. The molecule has 3 unspecified atom stereocenters. The molecule has 1 aromatic carbocycles. The predicted octanol–water partition coefficient (Wildman–Crippen LogP) is 3.10. The fourth-order valence-corrected chi connectivity index (χ4v) is 6.72. The van der Waals surface area contributed by atoms with Crippen LogP contribution >= 0.6 is 0 Å². The maximum Gasteiger partial charge on any atom is 0.511 e. The summed E-state index contributed by atoms with van der Waals surface area (Å²) < 4.78 is 28.0. The van der Waals surface area contributed by atoms with Gasteiger partial charge < -0.3 is 29.8 Å². The normalized spacial score (nSPS) is 32.7. The van der Waals surface area contributed by atoms with E-state index in [0.29, 0.717) is 41.3 Å². The summed E-state index contributed by atoms with van der Waals surface area (Å²) in [5.74, 6) is 0.856. The highest BCUT2D eigenvalue weighted by Crippen LogP contribution is 2.55. The number of benzene rings is 1. The molecule has 9 heteroatoms. The minimum absolute atomic E-state index is 0.0542. The number of fused-ring (bicyclic) bond motifs is 2. The number of aromatic nitrogens is 1. The minimum atomic E-state index is -1.59. The molecule has 7 rings (SSSR count). The van der Waals surface area contributed by atoms with Crippen LogP contribution in [0, 0.1) is 23.6 Å². The van der Waals surface area contributed by atoms with E-state index in [1.54, 1.807) is 4.57 Å². The maximum absolute atomic E-state index is 15.6. The van der Waals surface area contributed by atoms with Crippen LogP contribution in [0.1, 0.15) is 38.6 Å². The second kappa shape index (κ2) is 6.60. The number of hydrogen-bond acceptors (Lipinski definition) is 6. The highest BCUT2D eigenvalue weighted by molar-refractivity contribution is 5.93. The van der Waals surface area contributed by atoms with Crippen LogP contribution in [0.2, 0.25) is 0 Å². The zero-order valence-electron chi connectivity index (χ0n) is 17.8. The fourth-order valence-electron chi connectivity index (χ4n) is 6.72. The van der Waals surface area contributed by atoms with Crippen molar-refractivity contribution >= 4 is 22.7 Å². The monoisotopic (exact) mass is 443 g/mol. The Kier molecular flexibility index (Phi) is 4.09. The van der Waals surface area contributed by atoms with Gasteiger partial charge in [-0.1, -0.05) is 0 Å². The average Bonchev–Trinajstić information content (AvgIpc) is 3.21. The van der Waals surface area contributed by atoms with E-state index < -0.39 is 17.4 Å². The van der Waals surface area contributed by atoms with Gasteiger partial charge in [-0.05, 0) is 56.4 Å². The summed E-state index contributed by atoms with van der Waals surface area (Å²) in [6, 6.07) is 1.02. The van der Waals surface area contributed by atoms with Crippen molar-refractivity contribution < 1.29 is 23.8 Å². The molecular formula is C23H26FN3O5. The molecule has 3 saturated carbocycles. The third-order valence-corrected chi connectivity index (χ3v) is 8.29. The predicted molar refractivity (Wildman–Crippen MR) is 115 cm³/mol. The molecule has 0 amide bonds. The van der Waals surface area contributed by atoms with Crippen LogP contribution in [0.3, 0.4) is 0 Å². The van der Waals surface area contributed by atoms with E-state index in [4.69, 9.17) is 15.6 Å². The van der Waals surface area contributed by atoms with E-state index in [2.05, 4.69) is 9.64 Å². The molecule has 1 aromatic heterocycles. The van der Waals surface area contributed by atoms with Crippen molar-refractivity contribution in [3.05, 3.63) is 28.3 Å². The van der Waals surface area contributed by atoms with Crippen LogP contribution in [0.25, 0.3) is 10.9 Å². The Bertz CT molecular complexity index is 1200. The zero-order valence-corrected chi connectivity index (χ0v) is 17.8. The van der Waals surface area contributed by atoms with Gasteiger partial charge in [0.05, 0.1) is 23.1 Å². The number of anilines is 1. The van der Waals surface area contributed by atoms with Crippen LogP contribution in [-0.4, -0.2) is 41.1 Å². The van der Waals surface area contributed by atoms with E-state index in [9.17, 15) is 9.59 Å².